The van der Waals surface area contributed by atoms with Crippen LogP contribution in [0.1, 0.15) is 39.5 Å². The summed E-state index contributed by atoms with van der Waals surface area (Å²) in [5.74, 6) is 2.24. The minimum Gasteiger partial charge on any atom is -0.314 e. The van der Waals surface area contributed by atoms with Gasteiger partial charge >= 0.3 is 0 Å². The Balaban J connectivity index is 1.64. The van der Waals surface area contributed by atoms with E-state index in [2.05, 4.69) is 95.9 Å². The number of hydrogen-bond donors (Lipinski definition) is 0. The summed E-state index contributed by atoms with van der Waals surface area (Å²) >= 11 is 4.02. The minimum atomic E-state index is -0.514. The molecule has 0 unspecified atom stereocenters. The monoisotopic (exact) mass is 493 g/mol. The van der Waals surface area contributed by atoms with Gasteiger partial charge in [-0.25, -0.2) is 0 Å². The lowest BCUT2D eigenvalue weighted by Crippen LogP contribution is -2.42. The molecule has 2 nitrogen and oxygen atoms in total. The van der Waals surface area contributed by atoms with Gasteiger partial charge in [0.05, 0.1) is 6.04 Å². The zero-order valence-electron chi connectivity index (χ0n) is 19.4. The van der Waals surface area contributed by atoms with Crippen LogP contribution in [0.15, 0.2) is 121 Å². The second-order valence-electron chi connectivity index (χ2n) is 9.02. The molecule has 174 valence electrons. The number of hydrogen-bond acceptors (Lipinski definition) is 3. The molecule has 6 rings (SSSR count). The molecule has 0 aliphatic carbocycles. The third-order valence-electron chi connectivity index (χ3n) is 7.09. The maximum Gasteiger partial charge on any atom is 0.255 e. The molecule has 35 heavy (non-hydrogen) atoms. The summed E-state index contributed by atoms with van der Waals surface area (Å²) < 4.78 is -0.321. The third kappa shape index (κ3) is 3.54. The smallest absolute Gasteiger partial charge is 0.255 e. The first-order chi connectivity index (χ1) is 17.3. The van der Waals surface area contributed by atoms with Crippen molar-refractivity contribution in [2.45, 2.75) is 22.1 Å². The molecule has 1 amide bonds. The van der Waals surface area contributed by atoms with E-state index in [1.807, 2.05) is 53.9 Å². The van der Waals surface area contributed by atoms with Gasteiger partial charge in [-0.05, 0) is 46.7 Å². The predicted molar refractivity (Wildman–Crippen MR) is 148 cm³/mol. The van der Waals surface area contributed by atoms with E-state index in [0.29, 0.717) is 0 Å². The van der Waals surface area contributed by atoms with Crippen molar-refractivity contribution < 1.29 is 4.79 Å². The number of rotatable bonds is 5. The van der Waals surface area contributed by atoms with Crippen molar-refractivity contribution in [3.8, 4) is 0 Å². The average Bonchev–Trinajstić information content (AvgIpc) is 3.67. The Morgan fingerprint density at radius 3 is 1.71 bits per heavy atom. The zero-order valence-corrected chi connectivity index (χ0v) is 21.1. The molecule has 2 atom stereocenters. The number of carbonyl (C=O) groups excluding carboxylic acids is 1. The molecule has 4 aromatic rings. The van der Waals surface area contributed by atoms with Crippen molar-refractivity contribution in [3.05, 3.63) is 144 Å². The highest BCUT2D eigenvalue weighted by atomic mass is 32.2. The molecule has 2 saturated heterocycles. The van der Waals surface area contributed by atoms with E-state index in [9.17, 15) is 4.79 Å². The second kappa shape index (κ2) is 9.25. The lowest BCUT2D eigenvalue weighted by Gasteiger charge is -2.44. The summed E-state index contributed by atoms with van der Waals surface area (Å²) in [7, 11) is 0. The fourth-order valence-electron chi connectivity index (χ4n) is 5.63. The lowest BCUT2D eigenvalue weighted by atomic mass is 9.84. The molecule has 2 heterocycles. The molecular weight excluding hydrogens is 466 g/mol. The fraction of sp³-hybridized carbons (Fsp3) is 0.194. The van der Waals surface area contributed by atoms with E-state index >= 15 is 0 Å². The van der Waals surface area contributed by atoms with Crippen LogP contribution in [-0.4, -0.2) is 22.3 Å². The molecule has 0 radical (unpaired) electrons. The van der Waals surface area contributed by atoms with E-state index in [1.165, 1.54) is 23.1 Å². The highest BCUT2D eigenvalue weighted by Crippen LogP contribution is 2.76. The Morgan fingerprint density at radius 1 is 0.657 bits per heavy atom. The maximum absolute atomic E-state index is 14.3. The van der Waals surface area contributed by atoms with E-state index < -0.39 is 5.54 Å². The van der Waals surface area contributed by atoms with Crippen LogP contribution < -0.4 is 0 Å². The van der Waals surface area contributed by atoms with Crippen molar-refractivity contribution in [3.63, 3.8) is 0 Å². The first kappa shape index (κ1) is 22.5. The van der Waals surface area contributed by atoms with Crippen molar-refractivity contribution in [2.24, 2.45) is 0 Å². The van der Waals surface area contributed by atoms with Crippen LogP contribution in [-0.2, 0) is 9.62 Å². The number of carbonyl (C=O) groups is 1. The topological polar surface area (TPSA) is 20.1 Å². The Bertz CT molecular complexity index is 1290. The SMILES string of the molecule is O=C(c1ccccc1)N1[C@@H](c2ccccc2)[C@]1(c1ccccc1)C1(c2ccccc2)SCCCS1. The Kier molecular flexibility index (Phi) is 5.95. The van der Waals surface area contributed by atoms with Gasteiger partial charge in [-0.1, -0.05) is 109 Å². The first-order valence-corrected chi connectivity index (χ1v) is 14.1. The van der Waals surface area contributed by atoms with Crippen molar-refractivity contribution in [2.75, 3.05) is 11.5 Å². The van der Waals surface area contributed by atoms with Gasteiger partial charge in [0, 0.05) is 5.56 Å². The van der Waals surface area contributed by atoms with Crippen LogP contribution >= 0.6 is 23.5 Å². The summed E-state index contributed by atoms with van der Waals surface area (Å²) in [6.07, 6.45) is 1.18. The molecule has 4 aromatic carbocycles. The van der Waals surface area contributed by atoms with E-state index in [1.54, 1.807) is 0 Å². The molecule has 2 fully saturated rings. The summed E-state index contributed by atoms with van der Waals surface area (Å²) in [5, 5.41) is 0. The minimum absolute atomic E-state index is 0.0582. The van der Waals surface area contributed by atoms with E-state index in [-0.39, 0.29) is 16.0 Å². The normalized spacial score (nSPS) is 23.0. The molecule has 4 heteroatoms. The van der Waals surface area contributed by atoms with Gasteiger partial charge in [0.25, 0.3) is 5.91 Å². The molecule has 0 aromatic heterocycles. The van der Waals surface area contributed by atoms with E-state index in [0.717, 1.165) is 17.1 Å². The van der Waals surface area contributed by atoms with Gasteiger partial charge in [-0.2, -0.15) is 0 Å². The lowest BCUT2D eigenvalue weighted by molar-refractivity contribution is 0.0841. The van der Waals surface area contributed by atoms with Crippen LogP contribution in [0.2, 0.25) is 0 Å². The van der Waals surface area contributed by atoms with Crippen LogP contribution in [0.25, 0.3) is 0 Å². The summed E-state index contributed by atoms with van der Waals surface area (Å²) in [4.78, 5) is 16.5. The van der Waals surface area contributed by atoms with Gasteiger partial charge in [0.2, 0.25) is 0 Å². The Hall–Kier alpha value is -2.95. The Labute approximate surface area is 215 Å². The van der Waals surface area contributed by atoms with Crippen LogP contribution in [0.5, 0.6) is 0 Å². The van der Waals surface area contributed by atoms with Gasteiger partial charge in [0.15, 0.2) is 0 Å². The molecular formula is C31H27NOS2. The summed E-state index contributed by atoms with van der Waals surface area (Å²) in [5.41, 5.74) is 3.88. The van der Waals surface area contributed by atoms with Gasteiger partial charge in [-0.3, -0.25) is 4.79 Å². The predicted octanol–water partition coefficient (Wildman–Crippen LogP) is 7.50. The van der Waals surface area contributed by atoms with Crippen molar-refractivity contribution in [1.82, 2.24) is 4.90 Å². The molecule has 2 aliphatic rings. The number of thioether (sulfide) groups is 2. The largest absolute Gasteiger partial charge is 0.314 e. The van der Waals surface area contributed by atoms with Crippen molar-refractivity contribution in [1.29, 1.82) is 0 Å². The quantitative estimate of drug-likeness (QED) is 0.268. The van der Waals surface area contributed by atoms with Gasteiger partial charge in [0.1, 0.15) is 9.62 Å². The van der Waals surface area contributed by atoms with Crippen LogP contribution in [0.4, 0.5) is 0 Å². The molecule has 0 N–H and O–H groups in total. The second-order valence-corrected chi connectivity index (χ2v) is 11.9. The van der Waals surface area contributed by atoms with Crippen molar-refractivity contribution >= 4 is 29.4 Å². The molecule has 0 spiro atoms. The average molecular weight is 494 g/mol. The zero-order chi connectivity index (χ0) is 23.7. The van der Waals surface area contributed by atoms with Crippen LogP contribution in [0, 0.1) is 0 Å². The number of amides is 1. The highest BCUT2D eigenvalue weighted by Gasteiger charge is 2.77. The molecule has 2 aliphatic heterocycles. The molecule has 0 bridgehead atoms. The summed E-state index contributed by atoms with van der Waals surface area (Å²) in [6.45, 7) is 0. The third-order valence-corrected chi connectivity index (χ3v) is 10.7. The van der Waals surface area contributed by atoms with Gasteiger partial charge in [-0.15, -0.1) is 23.5 Å². The first-order valence-electron chi connectivity index (χ1n) is 12.1. The Morgan fingerprint density at radius 2 is 1.14 bits per heavy atom. The van der Waals surface area contributed by atoms with E-state index in [4.69, 9.17) is 0 Å². The number of benzene rings is 4. The molecule has 0 saturated carbocycles. The summed E-state index contributed by atoms with van der Waals surface area (Å²) in [6, 6.07) is 41.9. The highest BCUT2D eigenvalue weighted by molar-refractivity contribution is 8.18. The maximum atomic E-state index is 14.3. The van der Waals surface area contributed by atoms with Crippen LogP contribution in [0.3, 0.4) is 0 Å². The fourth-order valence-corrected chi connectivity index (χ4v) is 9.50. The van der Waals surface area contributed by atoms with Gasteiger partial charge < -0.3 is 4.90 Å². The standard InChI is InChI=1S/C31H27NOS2/c33-29(25-16-7-2-8-17-25)32-28(24-14-5-1-6-15-24)30(32,26-18-9-3-10-19-26)31(34-22-13-23-35-31)27-20-11-4-12-21-27/h1-12,14-21,28H,13,22-23H2/t28-,30+,32?/m0/s1. The number of nitrogens with zero attached hydrogens (tertiary/aromatic N) is 1.